The summed E-state index contributed by atoms with van der Waals surface area (Å²) in [6, 6.07) is -0.349. The van der Waals surface area contributed by atoms with E-state index in [0.29, 0.717) is 6.33 Å². The summed E-state index contributed by atoms with van der Waals surface area (Å²) < 4.78 is 85.6. The predicted molar refractivity (Wildman–Crippen MR) is 54.9 cm³/mol. The monoisotopic (exact) mass is 300 g/mol. The van der Waals surface area contributed by atoms with Crippen molar-refractivity contribution in [1.82, 2.24) is 9.55 Å². The van der Waals surface area contributed by atoms with Crippen LogP contribution >= 0.6 is 0 Å². The van der Waals surface area contributed by atoms with E-state index in [0.717, 1.165) is 6.07 Å². The number of rotatable bonds is 3. The number of fused-ring (bicyclic) bond motifs is 1. The summed E-state index contributed by atoms with van der Waals surface area (Å²) in [4.78, 5) is 3.41. The summed E-state index contributed by atoms with van der Waals surface area (Å²) in [6.07, 6.45) is 0.323. The second kappa shape index (κ2) is 3.89. The maximum absolute atomic E-state index is 13.5. The fourth-order valence-corrected chi connectivity index (χ4v) is 1.86. The molecular weight excluding hydrogens is 295 g/mol. The molecule has 19 heavy (non-hydrogen) atoms. The van der Waals surface area contributed by atoms with E-state index in [9.17, 15) is 29.9 Å². The van der Waals surface area contributed by atoms with Crippen molar-refractivity contribution < 1.29 is 29.9 Å². The molecule has 2 aromatic rings. The molecule has 0 bridgehead atoms. The molecule has 0 amide bonds. The second-order valence-corrected chi connectivity index (χ2v) is 4.99. The number of hydrogen-bond donors (Lipinski definition) is 0. The van der Waals surface area contributed by atoms with Crippen molar-refractivity contribution in [1.29, 1.82) is 0 Å². The minimum atomic E-state index is -6.79. The van der Waals surface area contributed by atoms with Gasteiger partial charge in [-0.1, -0.05) is 16.0 Å². The quantitative estimate of drug-likeness (QED) is 0.646. The van der Waals surface area contributed by atoms with Crippen LogP contribution in [0.4, 0.5) is 21.4 Å². The molecule has 1 aromatic heterocycles. The van der Waals surface area contributed by atoms with Crippen molar-refractivity contribution >= 4 is 21.3 Å². The second-order valence-electron chi connectivity index (χ2n) is 3.60. The van der Waals surface area contributed by atoms with Gasteiger partial charge < -0.3 is 0 Å². The number of halogens is 5. The number of aromatic nitrogens is 2. The zero-order valence-electron chi connectivity index (χ0n) is 8.90. The standard InChI is InChI=1S/C9H5F5N2O2S/c10-8(11,9(12,13)19(14,17)18)16-5-15-6-3-1-2-4-7(6)16/h1-5H. The third kappa shape index (κ3) is 1.86. The lowest BCUT2D eigenvalue weighted by atomic mass is 10.3. The topological polar surface area (TPSA) is 52.0 Å². The zero-order valence-corrected chi connectivity index (χ0v) is 9.71. The maximum atomic E-state index is 13.5. The molecule has 0 fully saturated rings. The van der Waals surface area contributed by atoms with Crippen LogP contribution in [0.25, 0.3) is 11.0 Å². The minimum Gasteiger partial charge on any atom is -0.264 e. The van der Waals surface area contributed by atoms with Gasteiger partial charge in [0.15, 0.2) is 0 Å². The van der Waals surface area contributed by atoms with Crippen LogP contribution in [0.1, 0.15) is 0 Å². The molecule has 4 nitrogen and oxygen atoms in total. The van der Waals surface area contributed by atoms with E-state index in [1.54, 1.807) is 0 Å². The minimum absolute atomic E-state index is 0.0609. The normalized spacial score (nSPS) is 13.9. The Kier molecular flexibility index (Phi) is 2.81. The Hall–Kier alpha value is -1.71. The van der Waals surface area contributed by atoms with Gasteiger partial charge in [-0.2, -0.15) is 26.0 Å². The molecule has 0 N–H and O–H groups in total. The summed E-state index contributed by atoms with van der Waals surface area (Å²) in [5.41, 5.74) is -0.509. The molecule has 0 radical (unpaired) electrons. The summed E-state index contributed by atoms with van der Waals surface area (Å²) in [5.74, 6) is 0. The van der Waals surface area contributed by atoms with Crippen LogP contribution in [0, 0.1) is 0 Å². The van der Waals surface area contributed by atoms with Gasteiger partial charge in [-0.15, -0.1) is 0 Å². The Morgan fingerprint density at radius 1 is 1.11 bits per heavy atom. The van der Waals surface area contributed by atoms with Crippen molar-refractivity contribution in [3.05, 3.63) is 30.6 Å². The molecular formula is C9H5F5N2O2S. The molecule has 0 saturated heterocycles. The molecule has 1 heterocycles. The summed E-state index contributed by atoms with van der Waals surface area (Å²) in [6.45, 7) is 0. The van der Waals surface area contributed by atoms with Crippen molar-refractivity contribution in [3.63, 3.8) is 0 Å². The van der Waals surface area contributed by atoms with E-state index >= 15 is 0 Å². The summed E-state index contributed by atoms with van der Waals surface area (Å²) >= 11 is 0. The van der Waals surface area contributed by atoms with Gasteiger partial charge in [0.1, 0.15) is 6.33 Å². The number of benzene rings is 1. The molecule has 0 atom stereocenters. The first-order valence-electron chi connectivity index (χ1n) is 4.71. The van der Waals surface area contributed by atoms with Gasteiger partial charge in [-0.25, -0.2) is 4.98 Å². The molecule has 0 spiro atoms. The number of para-hydroxylation sites is 2. The highest BCUT2D eigenvalue weighted by molar-refractivity contribution is 7.87. The first-order valence-corrected chi connectivity index (χ1v) is 6.10. The Morgan fingerprint density at radius 2 is 1.68 bits per heavy atom. The van der Waals surface area contributed by atoms with E-state index in [-0.39, 0.29) is 10.1 Å². The van der Waals surface area contributed by atoms with Crippen LogP contribution in [-0.4, -0.2) is 23.2 Å². The SMILES string of the molecule is O=S(=O)(F)C(F)(F)C(F)(F)n1cnc2ccccc21. The van der Waals surface area contributed by atoms with Crippen molar-refractivity contribution in [2.75, 3.05) is 0 Å². The lowest BCUT2D eigenvalue weighted by molar-refractivity contribution is -0.213. The molecule has 1 aromatic carbocycles. The Bertz CT molecular complexity index is 725. The van der Waals surface area contributed by atoms with Crippen LogP contribution in [-0.2, 0) is 16.3 Å². The predicted octanol–water partition coefficient (Wildman–Crippen LogP) is 2.48. The highest BCUT2D eigenvalue weighted by Crippen LogP contribution is 2.44. The molecule has 0 saturated carbocycles. The van der Waals surface area contributed by atoms with E-state index < -0.39 is 27.0 Å². The number of nitrogens with zero attached hydrogens (tertiary/aromatic N) is 2. The van der Waals surface area contributed by atoms with E-state index in [1.807, 2.05) is 0 Å². The molecule has 2 rings (SSSR count). The molecule has 0 aliphatic carbocycles. The largest absolute Gasteiger partial charge is 0.457 e. The zero-order chi connectivity index (χ0) is 14.5. The first-order chi connectivity index (χ1) is 8.59. The van der Waals surface area contributed by atoms with E-state index in [4.69, 9.17) is 0 Å². The molecule has 0 aliphatic heterocycles. The highest BCUT2D eigenvalue weighted by Gasteiger charge is 2.68. The van der Waals surface area contributed by atoms with Crippen molar-refractivity contribution in [2.24, 2.45) is 0 Å². The van der Waals surface area contributed by atoms with E-state index in [2.05, 4.69) is 4.98 Å². The van der Waals surface area contributed by atoms with Gasteiger partial charge in [0.2, 0.25) is 0 Å². The van der Waals surface area contributed by atoms with Crippen LogP contribution < -0.4 is 0 Å². The van der Waals surface area contributed by atoms with E-state index in [1.165, 1.54) is 18.2 Å². The number of hydrogen-bond acceptors (Lipinski definition) is 3. The average Bonchev–Trinajstić information content (AvgIpc) is 2.71. The van der Waals surface area contributed by atoms with Crippen LogP contribution in [0.2, 0.25) is 0 Å². The fourth-order valence-electron chi connectivity index (χ4n) is 1.47. The summed E-state index contributed by atoms with van der Waals surface area (Å²) in [7, 11) is -6.79. The first kappa shape index (κ1) is 13.7. The fraction of sp³-hybridized carbons (Fsp3) is 0.222. The van der Waals surface area contributed by atoms with Crippen LogP contribution in [0.15, 0.2) is 30.6 Å². The van der Waals surface area contributed by atoms with Gasteiger partial charge in [0.05, 0.1) is 11.0 Å². The lowest BCUT2D eigenvalue weighted by Gasteiger charge is -2.24. The Labute approximate surface area is 103 Å². The summed E-state index contributed by atoms with van der Waals surface area (Å²) in [5, 5.41) is -5.90. The van der Waals surface area contributed by atoms with Crippen LogP contribution in [0.5, 0.6) is 0 Å². The smallest absolute Gasteiger partial charge is 0.264 e. The Morgan fingerprint density at radius 3 is 2.26 bits per heavy atom. The molecule has 104 valence electrons. The van der Waals surface area contributed by atoms with Gasteiger partial charge in [-0.05, 0) is 12.1 Å². The van der Waals surface area contributed by atoms with Gasteiger partial charge in [-0.3, -0.25) is 4.57 Å². The molecule has 0 unspecified atom stereocenters. The van der Waals surface area contributed by atoms with Crippen LogP contribution in [0.3, 0.4) is 0 Å². The van der Waals surface area contributed by atoms with Crippen molar-refractivity contribution in [3.8, 4) is 0 Å². The average molecular weight is 300 g/mol. The maximum Gasteiger partial charge on any atom is 0.457 e. The third-order valence-corrected chi connectivity index (χ3v) is 3.27. The number of alkyl halides is 4. The Balaban J connectivity index is 2.69. The highest BCUT2D eigenvalue weighted by atomic mass is 32.3. The number of imidazole rings is 1. The molecule has 10 heteroatoms. The van der Waals surface area contributed by atoms with Crippen molar-refractivity contribution in [2.45, 2.75) is 11.3 Å². The lowest BCUT2D eigenvalue weighted by Crippen LogP contribution is -2.46. The van der Waals surface area contributed by atoms with Gasteiger partial charge in [0.25, 0.3) is 0 Å². The van der Waals surface area contributed by atoms with Gasteiger partial charge in [0, 0.05) is 0 Å². The van der Waals surface area contributed by atoms with Gasteiger partial charge >= 0.3 is 21.5 Å². The molecule has 0 aliphatic rings. The third-order valence-electron chi connectivity index (χ3n) is 2.41.